The van der Waals surface area contributed by atoms with E-state index in [2.05, 4.69) is 10.6 Å². The highest BCUT2D eigenvalue weighted by atomic mass is 32.1. The van der Waals surface area contributed by atoms with E-state index in [0.717, 1.165) is 12.8 Å². The van der Waals surface area contributed by atoms with Crippen molar-refractivity contribution in [2.45, 2.75) is 25.0 Å². The summed E-state index contributed by atoms with van der Waals surface area (Å²) in [6.45, 7) is 0.696. The van der Waals surface area contributed by atoms with Crippen molar-refractivity contribution in [2.75, 3.05) is 38.8 Å². The monoisotopic (exact) mass is 537 g/mol. The number of rotatable bonds is 11. The van der Waals surface area contributed by atoms with Crippen LogP contribution in [0.4, 0.5) is 5.69 Å². The number of carbonyl (C=O) groups is 3. The normalized spacial score (nSPS) is 15.4. The van der Waals surface area contributed by atoms with Gasteiger partial charge in [-0.05, 0) is 54.1 Å². The number of hydrogen-bond donors (Lipinski definition) is 2. The molecule has 0 bridgehead atoms. The Kier molecular flexibility index (Phi) is 9.34. The molecule has 3 amide bonds. The van der Waals surface area contributed by atoms with Crippen LogP contribution in [0, 0.1) is 0 Å². The Hall–Kier alpha value is -3.89. The molecule has 2 aromatic carbocycles. The van der Waals surface area contributed by atoms with Crippen molar-refractivity contribution in [1.82, 2.24) is 10.6 Å². The first-order valence-electron chi connectivity index (χ1n) is 12.3. The Balaban J connectivity index is 1.68. The summed E-state index contributed by atoms with van der Waals surface area (Å²) in [6.07, 6.45) is 1.73. The third kappa shape index (κ3) is 6.51. The number of para-hydroxylation sites is 1. The molecule has 3 aromatic rings. The van der Waals surface area contributed by atoms with Crippen molar-refractivity contribution >= 4 is 34.7 Å². The molecule has 1 aliphatic heterocycles. The average Bonchev–Trinajstić information content (AvgIpc) is 3.68. The minimum absolute atomic E-state index is 0.0732. The fourth-order valence-corrected chi connectivity index (χ4v) is 4.96. The molecule has 4 rings (SSSR count). The maximum atomic E-state index is 13.8. The summed E-state index contributed by atoms with van der Waals surface area (Å²) in [5.74, 6) is -0.265. The van der Waals surface area contributed by atoms with Gasteiger partial charge >= 0.3 is 0 Å². The van der Waals surface area contributed by atoms with Gasteiger partial charge in [-0.25, -0.2) is 0 Å². The van der Waals surface area contributed by atoms with Gasteiger partial charge < -0.3 is 24.8 Å². The zero-order chi connectivity index (χ0) is 26.9. The summed E-state index contributed by atoms with van der Waals surface area (Å²) in [5.41, 5.74) is 1.03. The van der Waals surface area contributed by atoms with Gasteiger partial charge in [0.1, 0.15) is 6.04 Å². The van der Waals surface area contributed by atoms with Crippen molar-refractivity contribution in [3.63, 3.8) is 0 Å². The lowest BCUT2D eigenvalue weighted by Crippen LogP contribution is -2.48. The number of amides is 3. The molecule has 1 aliphatic rings. The number of methoxy groups -OCH3 is 2. The van der Waals surface area contributed by atoms with Gasteiger partial charge in [-0.15, -0.1) is 11.3 Å². The molecule has 0 unspecified atom stereocenters. The van der Waals surface area contributed by atoms with E-state index in [4.69, 9.17) is 14.2 Å². The molecule has 0 saturated carbocycles. The first-order valence-corrected chi connectivity index (χ1v) is 13.2. The number of anilines is 1. The minimum atomic E-state index is -1.05. The molecule has 0 aliphatic carbocycles. The summed E-state index contributed by atoms with van der Waals surface area (Å²) in [4.78, 5) is 42.0. The second-order valence-electron chi connectivity index (χ2n) is 8.66. The zero-order valence-electron chi connectivity index (χ0n) is 21.3. The Morgan fingerprint density at radius 1 is 1.03 bits per heavy atom. The number of ether oxygens (including phenoxy) is 3. The van der Waals surface area contributed by atoms with Gasteiger partial charge in [0.2, 0.25) is 11.8 Å². The van der Waals surface area contributed by atoms with Crippen LogP contribution in [-0.4, -0.2) is 57.7 Å². The van der Waals surface area contributed by atoms with Crippen LogP contribution in [0.3, 0.4) is 0 Å². The largest absolute Gasteiger partial charge is 0.493 e. The quantitative estimate of drug-likeness (QED) is 0.388. The Bertz CT molecular complexity index is 1230. The van der Waals surface area contributed by atoms with Gasteiger partial charge in [0.15, 0.2) is 11.5 Å². The number of hydrogen-bond acceptors (Lipinski definition) is 7. The van der Waals surface area contributed by atoms with E-state index < -0.39 is 11.9 Å². The highest BCUT2D eigenvalue weighted by molar-refractivity contribution is 7.12. The van der Waals surface area contributed by atoms with Gasteiger partial charge in [-0.2, -0.15) is 0 Å². The minimum Gasteiger partial charge on any atom is -0.493 e. The first-order chi connectivity index (χ1) is 18.5. The maximum Gasteiger partial charge on any atom is 0.261 e. The molecule has 2 heterocycles. The Labute approximate surface area is 225 Å². The number of benzene rings is 2. The summed E-state index contributed by atoms with van der Waals surface area (Å²) in [7, 11) is 3.04. The van der Waals surface area contributed by atoms with Crippen molar-refractivity contribution in [1.29, 1.82) is 0 Å². The molecule has 2 N–H and O–H groups in total. The topological polar surface area (TPSA) is 106 Å². The second kappa shape index (κ2) is 13.1. The van der Waals surface area contributed by atoms with Gasteiger partial charge in [-0.3, -0.25) is 19.3 Å². The van der Waals surface area contributed by atoms with Crippen molar-refractivity contribution in [2.24, 2.45) is 0 Å². The van der Waals surface area contributed by atoms with Crippen LogP contribution in [0.1, 0.15) is 34.1 Å². The lowest BCUT2D eigenvalue weighted by molar-refractivity contribution is -0.126. The molecule has 1 fully saturated rings. The fraction of sp³-hybridized carbons (Fsp3) is 0.321. The summed E-state index contributed by atoms with van der Waals surface area (Å²) < 4.78 is 16.5. The van der Waals surface area contributed by atoms with Crippen LogP contribution in [0.2, 0.25) is 0 Å². The third-order valence-electron chi connectivity index (χ3n) is 6.21. The highest BCUT2D eigenvalue weighted by Crippen LogP contribution is 2.34. The Morgan fingerprint density at radius 2 is 1.82 bits per heavy atom. The number of nitrogens with zero attached hydrogens (tertiary/aromatic N) is 1. The molecular weight excluding hydrogens is 506 g/mol. The number of carbonyl (C=O) groups excluding carboxylic acids is 3. The smallest absolute Gasteiger partial charge is 0.261 e. The fourth-order valence-electron chi connectivity index (χ4n) is 4.32. The molecule has 38 heavy (non-hydrogen) atoms. The first kappa shape index (κ1) is 27.2. The van der Waals surface area contributed by atoms with Crippen molar-refractivity contribution < 1.29 is 28.6 Å². The second-order valence-corrected chi connectivity index (χ2v) is 9.60. The number of thiophene rings is 1. The van der Waals surface area contributed by atoms with E-state index in [1.165, 1.54) is 30.5 Å². The zero-order valence-corrected chi connectivity index (χ0v) is 22.2. The van der Waals surface area contributed by atoms with E-state index in [-0.39, 0.29) is 24.5 Å². The van der Waals surface area contributed by atoms with Gasteiger partial charge in [-0.1, -0.05) is 30.3 Å². The van der Waals surface area contributed by atoms with Crippen molar-refractivity contribution in [3.05, 3.63) is 76.5 Å². The van der Waals surface area contributed by atoms with Gasteiger partial charge in [0, 0.05) is 18.8 Å². The number of nitrogens with one attached hydrogen (secondary N) is 2. The van der Waals surface area contributed by atoms with E-state index in [9.17, 15) is 14.4 Å². The molecule has 1 saturated heterocycles. The van der Waals surface area contributed by atoms with E-state index in [1.54, 1.807) is 60.0 Å². The SMILES string of the molecule is COc1ccc([C@@H](C(=O)NC[C@H]2CCCO2)N(C(=O)CNC(=O)c2cccs2)c2ccccc2)cc1OC. The lowest BCUT2D eigenvalue weighted by Gasteiger charge is -2.32. The van der Waals surface area contributed by atoms with E-state index >= 15 is 0 Å². The Morgan fingerprint density at radius 3 is 2.47 bits per heavy atom. The van der Waals surface area contributed by atoms with E-state index in [1.807, 2.05) is 6.07 Å². The molecule has 200 valence electrons. The standard InChI is InChI=1S/C28H31N3O6S/c1-35-22-13-12-19(16-23(22)36-2)26(28(34)29-17-21-10-6-14-37-21)31(20-8-4-3-5-9-20)25(32)18-30-27(33)24-11-7-15-38-24/h3-5,7-9,11-13,15-16,21,26H,6,10,14,17-18H2,1-2H3,(H,29,34)(H,30,33)/t21-,26+/m1/s1. The molecule has 10 heteroatoms. The predicted molar refractivity (Wildman–Crippen MR) is 145 cm³/mol. The van der Waals surface area contributed by atoms with Crippen LogP contribution >= 0.6 is 11.3 Å². The maximum absolute atomic E-state index is 13.8. The molecule has 1 aromatic heterocycles. The van der Waals surface area contributed by atoms with Crippen LogP contribution < -0.4 is 25.0 Å². The third-order valence-corrected chi connectivity index (χ3v) is 7.07. The molecule has 2 atom stereocenters. The lowest BCUT2D eigenvalue weighted by atomic mass is 10.0. The molecule has 0 radical (unpaired) electrons. The summed E-state index contributed by atoms with van der Waals surface area (Å²) in [5, 5.41) is 7.44. The van der Waals surface area contributed by atoms with Gasteiger partial charge in [0.25, 0.3) is 5.91 Å². The summed E-state index contributed by atoms with van der Waals surface area (Å²) in [6, 6.07) is 16.4. The van der Waals surface area contributed by atoms with E-state index in [0.29, 0.717) is 40.8 Å². The summed E-state index contributed by atoms with van der Waals surface area (Å²) >= 11 is 1.28. The van der Waals surface area contributed by atoms with Crippen molar-refractivity contribution in [3.8, 4) is 11.5 Å². The predicted octanol–water partition coefficient (Wildman–Crippen LogP) is 3.56. The van der Waals surface area contributed by atoms with Crippen LogP contribution in [0.25, 0.3) is 0 Å². The van der Waals surface area contributed by atoms with Crippen LogP contribution in [-0.2, 0) is 14.3 Å². The molecule has 0 spiro atoms. The highest BCUT2D eigenvalue weighted by Gasteiger charge is 2.34. The molecular formula is C28H31N3O6S. The average molecular weight is 538 g/mol. The molecule has 9 nitrogen and oxygen atoms in total. The van der Waals surface area contributed by atoms with Gasteiger partial charge in [0.05, 0.1) is 31.7 Å². The van der Waals surface area contributed by atoms with Crippen LogP contribution in [0.5, 0.6) is 11.5 Å². The van der Waals surface area contributed by atoms with Crippen LogP contribution in [0.15, 0.2) is 66.0 Å².